The summed E-state index contributed by atoms with van der Waals surface area (Å²) in [4.78, 5) is 12.6. The van der Waals surface area contributed by atoms with Gasteiger partial charge in [0, 0.05) is 25.1 Å². The van der Waals surface area contributed by atoms with Gasteiger partial charge in [-0.25, -0.2) is 8.42 Å². The summed E-state index contributed by atoms with van der Waals surface area (Å²) in [5, 5.41) is 11.3. The average Bonchev–Trinajstić information content (AvgIpc) is 2.79. The number of rotatable bonds is 5. The van der Waals surface area contributed by atoms with Crippen molar-refractivity contribution in [2.24, 2.45) is 5.41 Å². The number of sulfonamides is 1. The lowest BCUT2D eigenvalue weighted by atomic mass is 9.80. The van der Waals surface area contributed by atoms with Crippen molar-refractivity contribution in [2.45, 2.75) is 31.6 Å². The SMILES string of the molecule is COCC1(C(=O)O)CCN(S(=O)(=O)c2c(C)csc2C)CC1. The van der Waals surface area contributed by atoms with Crippen LogP contribution in [0.1, 0.15) is 23.3 Å². The standard InChI is InChI=1S/C14H21NO5S2/c1-10-8-21-11(2)12(10)22(18,19)15-6-4-14(5-7-15,9-20-3)13(16)17/h8H,4-7,9H2,1-3H3,(H,16,17). The lowest BCUT2D eigenvalue weighted by Gasteiger charge is -2.37. The number of aryl methyl sites for hydroxylation is 2. The van der Waals surface area contributed by atoms with Crippen LogP contribution in [-0.4, -0.2) is 50.6 Å². The summed E-state index contributed by atoms with van der Waals surface area (Å²) >= 11 is 1.41. The molecule has 8 heteroatoms. The van der Waals surface area contributed by atoms with E-state index in [1.165, 1.54) is 22.8 Å². The lowest BCUT2D eigenvalue weighted by Crippen LogP contribution is -2.48. The Morgan fingerprint density at radius 3 is 2.41 bits per heavy atom. The topological polar surface area (TPSA) is 83.9 Å². The van der Waals surface area contributed by atoms with Crippen LogP contribution in [0.15, 0.2) is 10.3 Å². The van der Waals surface area contributed by atoms with Gasteiger partial charge in [-0.2, -0.15) is 4.31 Å². The number of carboxylic acids is 1. The van der Waals surface area contributed by atoms with Crippen LogP contribution in [0, 0.1) is 19.3 Å². The Hall–Kier alpha value is -0.960. The van der Waals surface area contributed by atoms with Crippen molar-refractivity contribution in [1.82, 2.24) is 4.31 Å². The predicted octanol–water partition coefficient (Wildman–Crippen LogP) is 1.87. The van der Waals surface area contributed by atoms with Crippen LogP contribution in [0.5, 0.6) is 0 Å². The Kier molecular flexibility index (Phi) is 4.96. The van der Waals surface area contributed by atoms with Gasteiger partial charge in [-0.05, 0) is 37.6 Å². The van der Waals surface area contributed by atoms with Gasteiger partial charge in [-0.1, -0.05) is 0 Å². The molecule has 1 fully saturated rings. The zero-order chi connectivity index (χ0) is 16.5. The molecule has 0 atom stereocenters. The Labute approximate surface area is 134 Å². The molecule has 0 spiro atoms. The van der Waals surface area contributed by atoms with Crippen LogP contribution in [-0.2, 0) is 19.6 Å². The van der Waals surface area contributed by atoms with Crippen molar-refractivity contribution < 1.29 is 23.1 Å². The highest BCUT2D eigenvalue weighted by atomic mass is 32.2. The molecule has 0 saturated carbocycles. The van der Waals surface area contributed by atoms with Crippen molar-refractivity contribution in [3.8, 4) is 0 Å². The van der Waals surface area contributed by atoms with Crippen molar-refractivity contribution in [3.63, 3.8) is 0 Å². The highest BCUT2D eigenvalue weighted by molar-refractivity contribution is 7.89. The number of hydrogen-bond acceptors (Lipinski definition) is 5. The highest BCUT2D eigenvalue weighted by Gasteiger charge is 2.44. The molecule has 0 bridgehead atoms. The largest absolute Gasteiger partial charge is 0.481 e. The fraction of sp³-hybridized carbons (Fsp3) is 0.643. The molecule has 1 aliphatic heterocycles. The van der Waals surface area contributed by atoms with Gasteiger partial charge in [0.2, 0.25) is 10.0 Å². The number of ether oxygens (including phenoxy) is 1. The summed E-state index contributed by atoms with van der Waals surface area (Å²) in [5.74, 6) is -0.922. The third kappa shape index (κ3) is 2.92. The minimum Gasteiger partial charge on any atom is -0.481 e. The maximum Gasteiger partial charge on any atom is 0.312 e. The molecular formula is C14H21NO5S2. The Morgan fingerprint density at radius 2 is 2.00 bits per heavy atom. The van der Waals surface area contributed by atoms with Gasteiger partial charge in [0.15, 0.2) is 0 Å². The van der Waals surface area contributed by atoms with E-state index in [9.17, 15) is 18.3 Å². The molecule has 1 aliphatic rings. The maximum atomic E-state index is 12.8. The minimum atomic E-state index is -3.56. The number of aliphatic carboxylic acids is 1. The second-order valence-corrected chi connectivity index (χ2v) is 8.69. The predicted molar refractivity (Wildman–Crippen MR) is 83.7 cm³/mol. The molecule has 2 rings (SSSR count). The summed E-state index contributed by atoms with van der Waals surface area (Å²) in [7, 11) is -2.10. The fourth-order valence-corrected chi connectivity index (χ4v) is 5.95. The number of hydrogen-bond donors (Lipinski definition) is 1. The van der Waals surface area contributed by atoms with Gasteiger partial charge < -0.3 is 9.84 Å². The Balaban J connectivity index is 2.23. The monoisotopic (exact) mass is 347 g/mol. The molecule has 0 aliphatic carbocycles. The number of piperidine rings is 1. The average molecular weight is 347 g/mol. The number of methoxy groups -OCH3 is 1. The second-order valence-electron chi connectivity index (χ2n) is 5.73. The number of nitrogens with zero attached hydrogens (tertiary/aromatic N) is 1. The molecule has 22 heavy (non-hydrogen) atoms. The third-order valence-corrected chi connectivity index (χ3v) is 7.59. The molecule has 1 aromatic heterocycles. The molecular weight excluding hydrogens is 326 g/mol. The number of carboxylic acid groups (broad SMARTS) is 1. The first-order chi connectivity index (χ1) is 10.2. The fourth-order valence-electron chi connectivity index (χ4n) is 2.93. The normalized spacial score (nSPS) is 19.2. The molecule has 0 unspecified atom stereocenters. The van der Waals surface area contributed by atoms with Gasteiger partial charge in [0.25, 0.3) is 0 Å². The van der Waals surface area contributed by atoms with Crippen LogP contribution < -0.4 is 0 Å². The van der Waals surface area contributed by atoms with E-state index in [0.29, 0.717) is 4.90 Å². The second kappa shape index (κ2) is 6.27. The maximum absolute atomic E-state index is 12.8. The van der Waals surface area contributed by atoms with E-state index < -0.39 is 21.4 Å². The van der Waals surface area contributed by atoms with Crippen molar-refractivity contribution in [1.29, 1.82) is 0 Å². The van der Waals surface area contributed by atoms with Gasteiger partial charge >= 0.3 is 5.97 Å². The first kappa shape index (κ1) is 17.4. The number of thiophene rings is 1. The summed E-state index contributed by atoms with van der Waals surface area (Å²) in [6.07, 6.45) is 0.523. The van der Waals surface area contributed by atoms with Crippen LogP contribution >= 0.6 is 11.3 Å². The smallest absolute Gasteiger partial charge is 0.312 e. The van der Waals surface area contributed by atoms with E-state index >= 15 is 0 Å². The van der Waals surface area contributed by atoms with E-state index in [0.717, 1.165) is 10.4 Å². The zero-order valence-corrected chi connectivity index (χ0v) is 14.6. The van der Waals surface area contributed by atoms with E-state index in [2.05, 4.69) is 0 Å². The van der Waals surface area contributed by atoms with Gasteiger partial charge in [-0.3, -0.25) is 4.79 Å². The van der Waals surface area contributed by atoms with Crippen LogP contribution in [0.4, 0.5) is 0 Å². The molecule has 0 aromatic carbocycles. The molecule has 1 N–H and O–H groups in total. The van der Waals surface area contributed by atoms with E-state index in [4.69, 9.17) is 4.74 Å². The quantitative estimate of drug-likeness (QED) is 0.879. The molecule has 6 nitrogen and oxygen atoms in total. The first-order valence-corrected chi connectivity index (χ1v) is 9.34. The van der Waals surface area contributed by atoms with Crippen LogP contribution in [0.25, 0.3) is 0 Å². The van der Waals surface area contributed by atoms with Crippen LogP contribution in [0.3, 0.4) is 0 Å². The summed E-state index contributed by atoms with van der Waals surface area (Å²) in [5.41, 5.74) is -0.242. The van der Waals surface area contributed by atoms with E-state index in [1.54, 1.807) is 13.8 Å². The molecule has 0 radical (unpaired) electrons. The van der Waals surface area contributed by atoms with E-state index in [-0.39, 0.29) is 32.5 Å². The van der Waals surface area contributed by atoms with Crippen LogP contribution in [0.2, 0.25) is 0 Å². The van der Waals surface area contributed by atoms with Gasteiger partial charge in [0.05, 0.1) is 16.9 Å². The minimum absolute atomic E-state index is 0.104. The molecule has 124 valence electrons. The van der Waals surface area contributed by atoms with Crippen molar-refractivity contribution >= 4 is 27.3 Å². The molecule has 1 saturated heterocycles. The van der Waals surface area contributed by atoms with Crippen molar-refractivity contribution in [2.75, 3.05) is 26.8 Å². The summed E-state index contributed by atoms with van der Waals surface area (Å²) in [6, 6.07) is 0. The van der Waals surface area contributed by atoms with Gasteiger partial charge in [0.1, 0.15) is 0 Å². The summed E-state index contributed by atoms with van der Waals surface area (Å²) in [6.45, 7) is 4.08. The summed E-state index contributed by atoms with van der Waals surface area (Å²) < 4.78 is 32.0. The third-order valence-electron chi connectivity index (χ3n) is 4.24. The van der Waals surface area contributed by atoms with E-state index in [1.807, 2.05) is 5.38 Å². The lowest BCUT2D eigenvalue weighted by molar-refractivity contribution is -0.155. The highest BCUT2D eigenvalue weighted by Crippen LogP contribution is 2.36. The number of carbonyl (C=O) groups is 1. The van der Waals surface area contributed by atoms with Gasteiger partial charge in [-0.15, -0.1) is 11.3 Å². The first-order valence-electron chi connectivity index (χ1n) is 7.02. The Morgan fingerprint density at radius 1 is 1.41 bits per heavy atom. The molecule has 2 heterocycles. The zero-order valence-electron chi connectivity index (χ0n) is 13.0. The molecule has 1 aromatic rings. The Bertz CT molecular complexity index is 637. The van der Waals surface area contributed by atoms with Crippen molar-refractivity contribution in [3.05, 3.63) is 15.8 Å². The molecule has 0 amide bonds.